The van der Waals surface area contributed by atoms with Gasteiger partial charge in [0.05, 0.1) is 18.7 Å². The number of aryl methyl sites for hydroxylation is 3. The summed E-state index contributed by atoms with van der Waals surface area (Å²) in [6, 6.07) is 8.42. The number of benzene rings is 1. The quantitative estimate of drug-likeness (QED) is 0.702. The molecule has 1 aliphatic rings. The van der Waals surface area contributed by atoms with Gasteiger partial charge in [-0.15, -0.1) is 0 Å². The zero-order valence-electron chi connectivity index (χ0n) is 16.7. The molecule has 0 fully saturated rings. The Balaban J connectivity index is 1.93. The molecular formula is C22H24N4O2. The maximum atomic E-state index is 13.3. The van der Waals surface area contributed by atoms with Crippen molar-refractivity contribution >= 4 is 16.6 Å². The molecule has 0 aliphatic carbocycles. The van der Waals surface area contributed by atoms with Crippen molar-refractivity contribution in [3.05, 3.63) is 69.6 Å². The van der Waals surface area contributed by atoms with Crippen molar-refractivity contribution < 1.29 is 4.74 Å². The summed E-state index contributed by atoms with van der Waals surface area (Å²) in [6.45, 7) is 6.74. The van der Waals surface area contributed by atoms with E-state index in [-0.39, 0.29) is 5.56 Å². The first kappa shape index (κ1) is 18.2. The lowest BCUT2D eigenvalue weighted by molar-refractivity contribution is 0.277. The zero-order chi connectivity index (χ0) is 19.8. The average Bonchev–Trinajstić information content (AvgIpc) is 2.99. The Morgan fingerprint density at radius 3 is 2.79 bits per heavy atom. The van der Waals surface area contributed by atoms with E-state index in [2.05, 4.69) is 45.8 Å². The smallest absolute Gasteiger partial charge is 0.282 e. The van der Waals surface area contributed by atoms with E-state index in [1.807, 2.05) is 13.8 Å². The Morgan fingerprint density at radius 2 is 2.04 bits per heavy atom. The Bertz CT molecular complexity index is 1180. The maximum absolute atomic E-state index is 13.3. The molecule has 28 heavy (non-hydrogen) atoms. The third-order valence-corrected chi connectivity index (χ3v) is 5.38. The Hall–Kier alpha value is -3.15. The molecule has 2 aromatic heterocycles. The van der Waals surface area contributed by atoms with Crippen LogP contribution in [0, 0.1) is 13.8 Å². The molecule has 6 nitrogen and oxygen atoms in total. The minimum Gasteiger partial charge on any atom is -0.501 e. The highest BCUT2D eigenvalue weighted by Crippen LogP contribution is 2.26. The first-order valence-corrected chi connectivity index (χ1v) is 9.53. The van der Waals surface area contributed by atoms with Crippen LogP contribution < -0.4 is 5.56 Å². The molecule has 3 heterocycles. The fourth-order valence-corrected chi connectivity index (χ4v) is 3.86. The molecule has 1 aromatic carbocycles. The monoisotopic (exact) mass is 376 g/mol. The maximum Gasteiger partial charge on any atom is 0.282 e. The molecular weight excluding hydrogens is 352 g/mol. The van der Waals surface area contributed by atoms with Crippen LogP contribution in [0.25, 0.3) is 16.5 Å². The highest BCUT2D eigenvalue weighted by atomic mass is 16.5. The van der Waals surface area contributed by atoms with E-state index in [4.69, 9.17) is 4.74 Å². The van der Waals surface area contributed by atoms with Gasteiger partial charge in [0.15, 0.2) is 5.84 Å². The Labute approximate surface area is 163 Å². The number of hydrogen-bond donors (Lipinski definition) is 0. The van der Waals surface area contributed by atoms with Crippen molar-refractivity contribution in [3.63, 3.8) is 0 Å². The summed E-state index contributed by atoms with van der Waals surface area (Å²) >= 11 is 0. The molecule has 0 atom stereocenters. The predicted molar refractivity (Wildman–Crippen MR) is 112 cm³/mol. The highest BCUT2D eigenvalue weighted by Gasteiger charge is 2.19. The van der Waals surface area contributed by atoms with Crippen molar-refractivity contribution in [2.24, 2.45) is 4.99 Å². The van der Waals surface area contributed by atoms with Crippen LogP contribution in [0.4, 0.5) is 0 Å². The number of fused-ring (bicyclic) bond motifs is 1. The van der Waals surface area contributed by atoms with Crippen LogP contribution in [0.1, 0.15) is 30.3 Å². The van der Waals surface area contributed by atoms with E-state index < -0.39 is 0 Å². The second kappa shape index (κ2) is 7.11. The molecule has 3 aromatic rings. The van der Waals surface area contributed by atoms with E-state index >= 15 is 0 Å². The topological polar surface area (TPSA) is 61.4 Å². The molecule has 0 unspecified atom stereocenters. The van der Waals surface area contributed by atoms with Gasteiger partial charge in [-0.05, 0) is 38.0 Å². The third-order valence-electron chi connectivity index (χ3n) is 5.38. The number of nitrogens with zero attached hydrogens (tertiary/aromatic N) is 4. The molecule has 0 amide bonds. The van der Waals surface area contributed by atoms with Crippen LogP contribution >= 0.6 is 0 Å². The lowest BCUT2D eigenvalue weighted by atomic mass is 10.1. The first-order chi connectivity index (χ1) is 13.5. The van der Waals surface area contributed by atoms with Crippen molar-refractivity contribution in [1.82, 2.24) is 14.3 Å². The summed E-state index contributed by atoms with van der Waals surface area (Å²) in [7, 11) is 1.63. The molecule has 0 saturated heterocycles. The minimum atomic E-state index is -0.157. The van der Waals surface area contributed by atoms with Crippen LogP contribution in [-0.4, -0.2) is 33.8 Å². The first-order valence-electron chi connectivity index (χ1n) is 9.53. The van der Waals surface area contributed by atoms with Crippen molar-refractivity contribution in [2.45, 2.75) is 33.6 Å². The van der Waals surface area contributed by atoms with Crippen molar-refractivity contribution in [1.29, 1.82) is 0 Å². The van der Waals surface area contributed by atoms with Gasteiger partial charge in [-0.3, -0.25) is 9.79 Å². The second-order valence-corrected chi connectivity index (χ2v) is 6.98. The van der Waals surface area contributed by atoms with Gasteiger partial charge >= 0.3 is 0 Å². The minimum absolute atomic E-state index is 0.157. The fraction of sp³-hybridized carbons (Fsp3) is 0.318. The van der Waals surface area contributed by atoms with Gasteiger partial charge in [0.1, 0.15) is 5.76 Å². The summed E-state index contributed by atoms with van der Waals surface area (Å²) in [5.41, 5.74) is 4.09. The van der Waals surface area contributed by atoms with E-state index in [1.165, 1.54) is 10.2 Å². The number of aliphatic imine (C=N–C) groups is 1. The molecule has 1 aliphatic heterocycles. The lowest BCUT2D eigenvalue weighted by Crippen LogP contribution is -2.30. The lowest BCUT2D eigenvalue weighted by Gasteiger charge is -2.12. The van der Waals surface area contributed by atoms with Crippen LogP contribution in [-0.2, 0) is 11.2 Å². The van der Waals surface area contributed by atoms with Gasteiger partial charge in [-0.1, -0.05) is 19.1 Å². The molecule has 0 bridgehead atoms. The van der Waals surface area contributed by atoms with E-state index in [0.29, 0.717) is 17.8 Å². The summed E-state index contributed by atoms with van der Waals surface area (Å²) in [5.74, 6) is 1.33. The number of aromatic nitrogens is 3. The molecule has 0 N–H and O–H groups in total. The standard InChI is InChI=1S/C22H24N4O2/c1-5-16-7-6-8-17(11-16)25-14(2)19-13-24-26(22(27)21(19)15(25)3)20-12-18(28-4)9-10-23-20/h6-8,11-13H,5,9-10H2,1-4H3. The van der Waals surface area contributed by atoms with Crippen LogP contribution in [0.2, 0.25) is 0 Å². The molecule has 6 heteroatoms. The van der Waals surface area contributed by atoms with Crippen LogP contribution in [0.15, 0.2) is 52.1 Å². The predicted octanol–water partition coefficient (Wildman–Crippen LogP) is 3.55. The molecule has 0 radical (unpaired) electrons. The zero-order valence-corrected chi connectivity index (χ0v) is 16.7. The number of rotatable bonds is 3. The molecule has 4 rings (SSSR count). The molecule has 144 valence electrons. The Kier molecular flexibility index (Phi) is 4.63. The van der Waals surface area contributed by atoms with E-state index in [0.717, 1.165) is 41.1 Å². The van der Waals surface area contributed by atoms with Crippen molar-refractivity contribution in [2.75, 3.05) is 13.7 Å². The summed E-state index contributed by atoms with van der Waals surface area (Å²) in [6.07, 6.45) is 5.25. The highest BCUT2D eigenvalue weighted by molar-refractivity contribution is 5.97. The summed E-state index contributed by atoms with van der Waals surface area (Å²) in [5, 5.41) is 5.95. The van der Waals surface area contributed by atoms with Gasteiger partial charge in [0.25, 0.3) is 5.56 Å². The number of ether oxygens (including phenoxy) is 1. The Morgan fingerprint density at radius 1 is 1.21 bits per heavy atom. The largest absolute Gasteiger partial charge is 0.501 e. The number of methoxy groups -OCH3 is 1. The summed E-state index contributed by atoms with van der Waals surface area (Å²) < 4.78 is 8.84. The fourth-order valence-electron chi connectivity index (χ4n) is 3.86. The average molecular weight is 376 g/mol. The molecule has 0 saturated carbocycles. The van der Waals surface area contributed by atoms with Gasteiger partial charge < -0.3 is 9.30 Å². The van der Waals surface area contributed by atoms with Crippen LogP contribution in [0.3, 0.4) is 0 Å². The van der Waals surface area contributed by atoms with E-state index in [1.54, 1.807) is 19.4 Å². The normalized spacial score (nSPS) is 14.1. The van der Waals surface area contributed by atoms with Gasteiger partial charge in [0, 0.05) is 41.5 Å². The van der Waals surface area contributed by atoms with Crippen LogP contribution in [0.5, 0.6) is 0 Å². The van der Waals surface area contributed by atoms with Crippen molar-refractivity contribution in [3.8, 4) is 5.69 Å². The number of hydrogen-bond acceptors (Lipinski definition) is 4. The number of allylic oxidation sites excluding steroid dienone is 1. The van der Waals surface area contributed by atoms with E-state index in [9.17, 15) is 4.79 Å². The van der Waals surface area contributed by atoms with Gasteiger partial charge in [-0.25, -0.2) is 0 Å². The summed E-state index contributed by atoms with van der Waals surface area (Å²) in [4.78, 5) is 17.8. The third kappa shape index (κ3) is 2.85. The van der Waals surface area contributed by atoms with Gasteiger partial charge in [-0.2, -0.15) is 9.78 Å². The SMILES string of the molecule is CCc1cccc(-n2c(C)c3cnn(C4=NCCC(OC)=C4)c(=O)c3c2C)c1. The molecule has 0 spiro atoms. The van der Waals surface area contributed by atoms with Gasteiger partial charge in [0.2, 0.25) is 0 Å². The number of dihydropyridines is 1. The second-order valence-electron chi connectivity index (χ2n) is 6.98.